The summed E-state index contributed by atoms with van der Waals surface area (Å²) in [5, 5.41) is 12.4. The molecule has 160 valence electrons. The van der Waals surface area contributed by atoms with Crippen LogP contribution in [0.2, 0.25) is 0 Å². The summed E-state index contributed by atoms with van der Waals surface area (Å²) < 4.78 is 0. The van der Waals surface area contributed by atoms with Gasteiger partial charge in [-0.25, -0.2) is 0 Å². The number of nitriles is 1. The van der Waals surface area contributed by atoms with Crippen LogP contribution in [0.3, 0.4) is 0 Å². The van der Waals surface area contributed by atoms with Crippen LogP contribution >= 0.6 is 0 Å². The van der Waals surface area contributed by atoms with Gasteiger partial charge in [-0.1, -0.05) is 38.1 Å². The van der Waals surface area contributed by atoms with Gasteiger partial charge in [-0.3, -0.25) is 4.79 Å². The SMILES string of the molecule is CCCN1c2ccc(/C=C(\C#N)C(=O)Nc3ccc(CC)cc3)cc2C(C)=CC1(C)C. The van der Waals surface area contributed by atoms with Crippen molar-refractivity contribution in [3.05, 3.63) is 70.8 Å². The third-order valence-electron chi connectivity index (χ3n) is 5.74. The first kappa shape index (κ1) is 22.4. The predicted octanol–water partition coefficient (Wildman–Crippen LogP) is 6.21. The number of amides is 1. The number of fused-ring (bicyclic) bond motifs is 1. The zero-order chi connectivity index (χ0) is 22.6. The van der Waals surface area contributed by atoms with Crippen LogP contribution in [0.5, 0.6) is 0 Å². The molecule has 2 aromatic rings. The zero-order valence-electron chi connectivity index (χ0n) is 19.1. The molecule has 0 spiro atoms. The number of carbonyl (C=O) groups excluding carboxylic acids is 1. The van der Waals surface area contributed by atoms with Crippen LogP contribution in [-0.4, -0.2) is 18.0 Å². The van der Waals surface area contributed by atoms with Crippen molar-refractivity contribution in [2.24, 2.45) is 0 Å². The van der Waals surface area contributed by atoms with E-state index in [9.17, 15) is 10.1 Å². The molecule has 3 rings (SSSR count). The number of allylic oxidation sites excluding steroid dienone is 1. The summed E-state index contributed by atoms with van der Waals surface area (Å²) in [7, 11) is 0. The highest BCUT2D eigenvalue weighted by Crippen LogP contribution is 2.39. The van der Waals surface area contributed by atoms with Crippen LogP contribution in [0.15, 0.2) is 54.1 Å². The van der Waals surface area contributed by atoms with E-state index in [0.29, 0.717) is 5.69 Å². The van der Waals surface area contributed by atoms with E-state index in [1.54, 1.807) is 6.08 Å². The molecule has 0 aromatic heterocycles. The van der Waals surface area contributed by atoms with Gasteiger partial charge in [-0.2, -0.15) is 5.26 Å². The Balaban J connectivity index is 1.89. The summed E-state index contributed by atoms with van der Waals surface area (Å²) >= 11 is 0. The van der Waals surface area contributed by atoms with E-state index in [0.717, 1.165) is 30.5 Å². The van der Waals surface area contributed by atoms with Gasteiger partial charge in [0.1, 0.15) is 11.6 Å². The standard InChI is InChI=1S/C27H31N3O/c1-6-14-30-25-13-10-21(16-24(25)19(3)17-27(30,4)5)15-22(18-28)26(31)29-23-11-8-20(7-2)9-12-23/h8-13,15-17H,6-7,14H2,1-5H3,(H,29,31)/b22-15+. The monoisotopic (exact) mass is 413 g/mol. The highest BCUT2D eigenvalue weighted by Gasteiger charge is 2.30. The van der Waals surface area contributed by atoms with Crippen molar-refractivity contribution < 1.29 is 4.79 Å². The van der Waals surface area contributed by atoms with Gasteiger partial charge in [0.2, 0.25) is 0 Å². The van der Waals surface area contributed by atoms with E-state index >= 15 is 0 Å². The number of hydrogen-bond donors (Lipinski definition) is 1. The molecule has 2 aromatic carbocycles. The highest BCUT2D eigenvalue weighted by molar-refractivity contribution is 6.09. The fraction of sp³-hybridized carbons (Fsp3) is 0.333. The molecule has 0 atom stereocenters. The fourth-order valence-corrected chi connectivity index (χ4v) is 4.16. The summed E-state index contributed by atoms with van der Waals surface area (Å²) in [5.74, 6) is -0.398. The average Bonchev–Trinajstić information content (AvgIpc) is 2.75. The van der Waals surface area contributed by atoms with Crippen molar-refractivity contribution >= 4 is 28.9 Å². The smallest absolute Gasteiger partial charge is 0.266 e. The van der Waals surface area contributed by atoms with E-state index in [1.807, 2.05) is 30.3 Å². The zero-order valence-corrected chi connectivity index (χ0v) is 19.1. The van der Waals surface area contributed by atoms with Gasteiger partial charge in [0, 0.05) is 23.5 Å². The molecular weight excluding hydrogens is 382 g/mol. The van der Waals surface area contributed by atoms with Crippen LogP contribution in [0.1, 0.15) is 57.7 Å². The topological polar surface area (TPSA) is 56.1 Å². The number of nitrogens with one attached hydrogen (secondary N) is 1. The molecule has 0 aliphatic carbocycles. The Morgan fingerprint density at radius 2 is 1.87 bits per heavy atom. The number of hydrogen-bond acceptors (Lipinski definition) is 3. The van der Waals surface area contributed by atoms with Crippen LogP contribution in [0, 0.1) is 11.3 Å². The molecule has 1 N–H and O–H groups in total. The molecule has 0 unspecified atom stereocenters. The molecule has 4 heteroatoms. The van der Waals surface area contributed by atoms with E-state index in [-0.39, 0.29) is 11.1 Å². The Bertz CT molecular complexity index is 1070. The van der Waals surface area contributed by atoms with Crippen molar-refractivity contribution in [3.8, 4) is 6.07 Å². The van der Waals surface area contributed by atoms with Gasteiger partial charge in [0.15, 0.2) is 0 Å². The van der Waals surface area contributed by atoms with E-state index in [2.05, 4.69) is 69.1 Å². The van der Waals surface area contributed by atoms with Crippen LogP contribution in [-0.2, 0) is 11.2 Å². The second-order valence-corrected chi connectivity index (χ2v) is 8.58. The number of rotatable bonds is 6. The Morgan fingerprint density at radius 3 is 2.48 bits per heavy atom. The Hall–Kier alpha value is -3.32. The normalized spacial score (nSPS) is 15.0. The van der Waals surface area contributed by atoms with Gasteiger partial charge < -0.3 is 10.2 Å². The molecule has 1 amide bonds. The number of carbonyl (C=O) groups is 1. The number of nitrogens with zero attached hydrogens (tertiary/aromatic N) is 2. The lowest BCUT2D eigenvalue weighted by Gasteiger charge is -2.43. The Kier molecular flexibility index (Phi) is 6.65. The second kappa shape index (κ2) is 9.22. The summed E-state index contributed by atoms with van der Waals surface area (Å²) in [5.41, 5.74) is 6.32. The van der Waals surface area contributed by atoms with E-state index in [1.165, 1.54) is 16.8 Å². The molecule has 31 heavy (non-hydrogen) atoms. The Labute approximate surface area is 185 Å². The molecular formula is C27H31N3O. The van der Waals surface area contributed by atoms with Crippen molar-refractivity contribution in [2.75, 3.05) is 16.8 Å². The van der Waals surface area contributed by atoms with Crippen molar-refractivity contribution in [1.82, 2.24) is 0 Å². The number of aryl methyl sites for hydroxylation is 1. The summed E-state index contributed by atoms with van der Waals surface area (Å²) in [6, 6.07) is 15.9. The van der Waals surface area contributed by atoms with Crippen LogP contribution in [0.25, 0.3) is 11.6 Å². The summed E-state index contributed by atoms with van der Waals surface area (Å²) in [4.78, 5) is 15.1. The van der Waals surface area contributed by atoms with E-state index < -0.39 is 5.91 Å². The molecule has 4 nitrogen and oxygen atoms in total. The molecule has 1 heterocycles. The Morgan fingerprint density at radius 1 is 1.16 bits per heavy atom. The quantitative estimate of drug-likeness (QED) is 0.453. The molecule has 0 saturated heterocycles. The lowest BCUT2D eigenvalue weighted by molar-refractivity contribution is -0.112. The second-order valence-electron chi connectivity index (χ2n) is 8.58. The molecule has 0 saturated carbocycles. The molecule has 1 aliphatic rings. The van der Waals surface area contributed by atoms with Gasteiger partial charge in [-0.05, 0) is 80.7 Å². The van der Waals surface area contributed by atoms with Gasteiger partial charge >= 0.3 is 0 Å². The third-order valence-corrected chi connectivity index (χ3v) is 5.74. The maximum atomic E-state index is 12.7. The number of benzene rings is 2. The molecule has 0 fully saturated rings. The lowest BCUT2D eigenvalue weighted by atomic mass is 9.87. The van der Waals surface area contributed by atoms with Gasteiger partial charge in [0.25, 0.3) is 5.91 Å². The van der Waals surface area contributed by atoms with Crippen LogP contribution in [0.4, 0.5) is 11.4 Å². The molecule has 1 aliphatic heterocycles. The average molecular weight is 414 g/mol. The minimum Gasteiger partial charge on any atom is -0.362 e. The highest BCUT2D eigenvalue weighted by atomic mass is 16.1. The van der Waals surface area contributed by atoms with Crippen LogP contribution < -0.4 is 10.2 Å². The fourth-order valence-electron chi connectivity index (χ4n) is 4.16. The number of anilines is 2. The lowest BCUT2D eigenvalue weighted by Crippen LogP contribution is -2.45. The van der Waals surface area contributed by atoms with Gasteiger partial charge in [-0.15, -0.1) is 0 Å². The third kappa shape index (κ3) is 4.88. The van der Waals surface area contributed by atoms with Crippen molar-refractivity contribution in [3.63, 3.8) is 0 Å². The van der Waals surface area contributed by atoms with Gasteiger partial charge in [0.05, 0.1) is 5.54 Å². The predicted molar refractivity (Wildman–Crippen MR) is 130 cm³/mol. The van der Waals surface area contributed by atoms with Crippen molar-refractivity contribution in [1.29, 1.82) is 5.26 Å². The largest absolute Gasteiger partial charge is 0.362 e. The minimum absolute atomic E-state index is 0.0462. The first-order chi connectivity index (χ1) is 14.8. The summed E-state index contributed by atoms with van der Waals surface area (Å²) in [6.07, 6.45) is 5.95. The maximum absolute atomic E-state index is 12.7. The first-order valence-corrected chi connectivity index (χ1v) is 10.9. The minimum atomic E-state index is -0.398. The van der Waals surface area contributed by atoms with E-state index in [4.69, 9.17) is 0 Å². The summed E-state index contributed by atoms with van der Waals surface area (Å²) in [6.45, 7) is 11.8. The van der Waals surface area contributed by atoms with Crippen molar-refractivity contribution in [2.45, 2.75) is 53.0 Å². The molecule has 0 bridgehead atoms. The first-order valence-electron chi connectivity index (χ1n) is 10.9. The molecule has 0 radical (unpaired) electrons. The maximum Gasteiger partial charge on any atom is 0.266 e.